The van der Waals surface area contributed by atoms with Crippen molar-refractivity contribution in [3.8, 4) is 0 Å². The average Bonchev–Trinajstić information content (AvgIpc) is 3.47. The maximum atomic E-state index is 14.5. The van der Waals surface area contributed by atoms with Crippen molar-refractivity contribution in [2.24, 2.45) is 11.8 Å². The number of benzene rings is 1. The molecule has 0 saturated carbocycles. The highest BCUT2D eigenvalue weighted by atomic mass is 32.2. The lowest BCUT2D eigenvalue weighted by Gasteiger charge is -2.36. The van der Waals surface area contributed by atoms with Gasteiger partial charge in [-0.05, 0) is 31.9 Å². The van der Waals surface area contributed by atoms with E-state index in [9.17, 15) is 19.5 Å². The number of aliphatic hydroxyl groups excluding tert-OH is 1. The SMILES string of the molecule is CN1CC=C[C@@]2(C)S[C@]34C=CCN(Cn5nnc6ccccc65)C(=O)C3N(CCCCCCO)C(=O)[C@@H]4[C@H]2C1=O. The molecule has 10 nitrogen and oxygen atoms in total. The molecule has 0 radical (unpaired) electrons. The highest BCUT2D eigenvalue weighted by molar-refractivity contribution is 8.02. The highest BCUT2D eigenvalue weighted by Crippen LogP contribution is 2.65. The molecule has 1 unspecified atom stereocenters. The van der Waals surface area contributed by atoms with Crippen LogP contribution >= 0.6 is 11.8 Å². The van der Waals surface area contributed by atoms with Crippen molar-refractivity contribution in [2.45, 2.75) is 54.8 Å². The number of fused-ring (bicyclic) bond motifs is 3. The first-order valence-corrected chi connectivity index (χ1v) is 14.9. The molecule has 0 aliphatic carbocycles. The van der Waals surface area contributed by atoms with Crippen LogP contribution in [0.1, 0.15) is 32.6 Å². The fraction of sp³-hybridized carbons (Fsp3) is 0.552. The first-order valence-electron chi connectivity index (χ1n) is 14.1. The van der Waals surface area contributed by atoms with Gasteiger partial charge in [0.15, 0.2) is 0 Å². The Labute approximate surface area is 238 Å². The molecule has 4 aliphatic heterocycles. The summed E-state index contributed by atoms with van der Waals surface area (Å²) in [6.45, 7) is 3.72. The van der Waals surface area contributed by atoms with Crippen LogP contribution in [0.5, 0.6) is 0 Å². The number of aromatic nitrogens is 3. The molecule has 212 valence electrons. The molecule has 4 aliphatic rings. The Kier molecular flexibility index (Phi) is 6.98. The molecule has 1 aromatic heterocycles. The number of amides is 3. The summed E-state index contributed by atoms with van der Waals surface area (Å²) in [7, 11) is 1.78. The Morgan fingerprint density at radius 2 is 1.75 bits per heavy atom. The number of carbonyl (C=O) groups is 3. The van der Waals surface area contributed by atoms with Crippen molar-refractivity contribution in [2.75, 3.05) is 33.3 Å². The third kappa shape index (κ3) is 4.16. The number of hydrogen-bond acceptors (Lipinski definition) is 7. The lowest BCUT2D eigenvalue weighted by atomic mass is 9.74. The lowest BCUT2D eigenvalue weighted by molar-refractivity contribution is -0.145. The summed E-state index contributed by atoms with van der Waals surface area (Å²) in [5.41, 5.74) is 1.59. The van der Waals surface area contributed by atoms with E-state index >= 15 is 0 Å². The Bertz CT molecular complexity index is 1390. The highest BCUT2D eigenvalue weighted by Gasteiger charge is 2.73. The summed E-state index contributed by atoms with van der Waals surface area (Å²) in [4.78, 5) is 47.8. The first-order chi connectivity index (χ1) is 19.3. The second-order valence-electron chi connectivity index (χ2n) is 11.5. The van der Waals surface area contributed by atoms with Crippen LogP contribution < -0.4 is 0 Å². The molecule has 2 saturated heterocycles. The molecule has 40 heavy (non-hydrogen) atoms. The fourth-order valence-electron chi connectivity index (χ4n) is 6.99. The monoisotopic (exact) mass is 564 g/mol. The molecule has 11 heteroatoms. The maximum absolute atomic E-state index is 14.5. The average molecular weight is 565 g/mol. The summed E-state index contributed by atoms with van der Waals surface area (Å²) >= 11 is 1.60. The zero-order chi connectivity index (χ0) is 28.1. The number of para-hydroxylation sites is 1. The van der Waals surface area contributed by atoms with E-state index in [2.05, 4.69) is 22.5 Å². The van der Waals surface area contributed by atoms with E-state index < -0.39 is 27.4 Å². The van der Waals surface area contributed by atoms with Crippen LogP contribution in [0, 0.1) is 11.8 Å². The van der Waals surface area contributed by atoms with E-state index in [0.717, 1.165) is 30.3 Å². The Morgan fingerprint density at radius 1 is 0.975 bits per heavy atom. The zero-order valence-corrected chi connectivity index (χ0v) is 23.8. The number of thioether (sulfide) groups is 1. The van der Waals surface area contributed by atoms with Gasteiger partial charge in [0.2, 0.25) is 17.7 Å². The molecular weight excluding hydrogens is 528 g/mol. The third-order valence-corrected chi connectivity index (χ3v) is 10.7. The van der Waals surface area contributed by atoms with E-state index in [1.54, 1.807) is 38.2 Å². The summed E-state index contributed by atoms with van der Waals surface area (Å²) in [5, 5.41) is 17.7. The van der Waals surface area contributed by atoms with Crippen molar-refractivity contribution in [1.82, 2.24) is 29.7 Å². The van der Waals surface area contributed by atoms with Crippen LogP contribution in [0.15, 0.2) is 48.6 Å². The largest absolute Gasteiger partial charge is 0.396 e. The van der Waals surface area contributed by atoms with Gasteiger partial charge in [0.25, 0.3) is 0 Å². The van der Waals surface area contributed by atoms with Gasteiger partial charge in [-0.1, -0.05) is 54.5 Å². The molecule has 5 heterocycles. The Morgan fingerprint density at radius 3 is 2.58 bits per heavy atom. The normalized spacial score (nSPS) is 31.5. The van der Waals surface area contributed by atoms with Crippen molar-refractivity contribution in [1.29, 1.82) is 0 Å². The van der Waals surface area contributed by atoms with Crippen molar-refractivity contribution >= 4 is 40.5 Å². The summed E-state index contributed by atoms with van der Waals surface area (Å²) in [5.74, 6) is -1.48. The quantitative estimate of drug-likeness (QED) is 0.386. The van der Waals surface area contributed by atoms with Crippen LogP contribution in [0.2, 0.25) is 0 Å². The number of likely N-dealkylation sites (N-methyl/N-ethyl adjacent to an activating group) is 1. The van der Waals surface area contributed by atoms with Crippen LogP contribution in [-0.4, -0.2) is 101 Å². The van der Waals surface area contributed by atoms with E-state index in [1.165, 1.54) is 0 Å². The number of rotatable bonds is 8. The molecule has 3 amide bonds. The third-order valence-electron chi connectivity index (χ3n) is 8.87. The summed E-state index contributed by atoms with van der Waals surface area (Å²) in [6, 6.07) is 6.91. The first kappa shape index (κ1) is 27.0. The number of nitrogens with zero attached hydrogens (tertiary/aromatic N) is 6. The number of hydrogen-bond donors (Lipinski definition) is 1. The van der Waals surface area contributed by atoms with Gasteiger partial charge in [0.1, 0.15) is 18.2 Å². The van der Waals surface area contributed by atoms with Gasteiger partial charge < -0.3 is 19.8 Å². The minimum atomic E-state index is -0.851. The van der Waals surface area contributed by atoms with Gasteiger partial charge in [-0.3, -0.25) is 14.4 Å². The van der Waals surface area contributed by atoms with Crippen molar-refractivity contribution < 1.29 is 19.5 Å². The second kappa shape index (κ2) is 10.3. The van der Waals surface area contributed by atoms with Gasteiger partial charge in [0.05, 0.1) is 22.1 Å². The fourth-order valence-corrected chi connectivity index (χ4v) is 9.15. The lowest BCUT2D eigenvalue weighted by Crippen LogP contribution is -2.53. The molecule has 2 fully saturated rings. The second-order valence-corrected chi connectivity index (χ2v) is 13.3. The van der Waals surface area contributed by atoms with Crippen molar-refractivity contribution in [3.63, 3.8) is 0 Å². The van der Waals surface area contributed by atoms with E-state index in [1.807, 2.05) is 43.3 Å². The predicted octanol–water partition coefficient (Wildman–Crippen LogP) is 2.06. The van der Waals surface area contributed by atoms with Crippen molar-refractivity contribution in [3.05, 3.63) is 48.6 Å². The van der Waals surface area contributed by atoms with Crippen LogP contribution in [-0.2, 0) is 21.1 Å². The summed E-state index contributed by atoms with van der Waals surface area (Å²) in [6.07, 6.45) is 11.3. The van der Waals surface area contributed by atoms with Crippen LogP contribution in [0.25, 0.3) is 11.0 Å². The predicted molar refractivity (Wildman–Crippen MR) is 152 cm³/mol. The van der Waals surface area contributed by atoms with Crippen LogP contribution in [0.4, 0.5) is 0 Å². The molecule has 1 aromatic carbocycles. The molecule has 5 atom stereocenters. The molecule has 1 spiro atoms. The van der Waals surface area contributed by atoms with Gasteiger partial charge in [-0.2, -0.15) is 0 Å². The van der Waals surface area contributed by atoms with Gasteiger partial charge in [0, 0.05) is 38.0 Å². The molecule has 2 aromatic rings. The molecule has 1 N–H and O–H groups in total. The van der Waals surface area contributed by atoms with Crippen LogP contribution in [0.3, 0.4) is 0 Å². The molecule has 0 bridgehead atoms. The topological polar surface area (TPSA) is 112 Å². The maximum Gasteiger partial charge on any atom is 0.248 e. The number of aliphatic hydroxyl groups is 1. The van der Waals surface area contributed by atoms with Gasteiger partial charge >= 0.3 is 0 Å². The molecule has 6 rings (SSSR count). The van der Waals surface area contributed by atoms with E-state index in [0.29, 0.717) is 26.1 Å². The smallest absolute Gasteiger partial charge is 0.248 e. The minimum Gasteiger partial charge on any atom is -0.396 e. The molecular formula is C29H36N6O4S. The number of unbranched alkanes of at least 4 members (excludes halogenated alkanes) is 3. The number of carbonyl (C=O) groups excluding carboxylic acids is 3. The van der Waals surface area contributed by atoms with Gasteiger partial charge in [-0.25, -0.2) is 4.68 Å². The zero-order valence-electron chi connectivity index (χ0n) is 23.0. The summed E-state index contributed by atoms with van der Waals surface area (Å²) < 4.78 is 0.270. The van der Waals surface area contributed by atoms with E-state index in [-0.39, 0.29) is 31.0 Å². The van der Waals surface area contributed by atoms with E-state index in [4.69, 9.17) is 0 Å². The van der Waals surface area contributed by atoms with Gasteiger partial charge in [-0.15, -0.1) is 16.9 Å². The Balaban J connectivity index is 1.38. The standard InChI is InChI=1S/C29H36N6O4S/c1-28-13-9-15-32(2)25(37)22(28)23-26(38)34(17-7-3-4-8-18-36)24-27(39)33(16-10-14-29(23,24)40-28)19-35-21-12-6-5-11-20(21)30-31-35/h5-6,9-14,22-24,36H,3-4,7-8,15-19H2,1-2H3/t22-,23-,24?,28+,29-/m0/s1. The number of likely N-dealkylation sites (tertiary alicyclic amines) is 1. The Hall–Kier alpha value is -3.18. The minimum absolute atomic E-state index is 0.0465.